The number of piperazine rings is 1. The topological polar surface area (TPSA) is 46.5 Å². The summed E-state index contributed by atoms with van der Waals surface area (Å²) in [7, 11) is 0. The van der Waals surface area contributed by atoms with Crippen LogP contribution in [0.1, 0.15) is 25.5 Å². The summed E-state index contributed by atoms with van der Waals surface area (Å²) in [5, 5.41) is 5.15. The Bertz CT molecular complexity index is 936. The van der Waals surface area contributed by atoms with Crippen molar-refractivity contribution in [3.63, 3.8) is 0 Å². The van der Waals surface area contributed by atoms with Crippen LogP contribution in [0.5, 0.6) is 0 Å². The zero-order valence-electron chi connectivity index (χ0n) is 15.9. The van der Waals surface area contributed by atoms with Crippen molar-refractivity contribution in [2.24, 2.45) is 0 Å². The average molecular weight is 365 g/mol. The Morgan fingerprint density at radius 1 is 1.11 bits per heavy atom. The number of fused-ring (bicyclic) bond motifs is 1. The molecule has 2 aliphatic rings. The number of ether oxygens (including phenoxy) is 1. The molecule has 5 heteroatoms. The molecule has 0 radical (unpaired) electrons. The summed E-state index contributed by atoms with van der Waals surface area (Å²) in [6.07, 6.45) is 6.13. The molecule has 4 rings (SSSR count). The molecule has 1 fully saturated rings. The summed E-state index contributed by atoms with van der Waals surface area (Å²) in [6.45, 7) is 7.31. The lowest BCUT2D eigenvalue weighted by Crippen LogP contribution is -2.43. The number of benzene rings is 1. The van der Waals surface area contributed by atoms with Crippen LogP contribution in [-0.4, -0.2) is 42.3 Å². The first-order valence-electron chi connectivity index (χ1n) is 9.88. The zero-order valence-corrected chi connectivity index (χ0v) is 15.9. The molecule has 1 aliphatic heterocycles. The Balaban J connectivity index is 1.84. The standard InChI is InChI=1S/C22H27N3O2/c1-2-27-21-10-6-5-9-20(21)25-18(16-24-13-11-23-12-14-24)15-17-7-3-4-8-19(17)22(25)26/h3-4,7-10,15,23H,2,5-6,11-14,16H2,1H3. The lowest BCUT2D eigenvalue weighted by atomic mass is 10.1. The summed E-state index contributed by atoms with van der Waals surface area (Å²) >= 11 is 0. The number of nitrogens with one attached hydrogen (secondary N) is 1. The number of hydrogen-bond donors (Lipinski definition) is 1. The lowest BCUT2D eigenvalue weighted by molar-refractivity contribution is 0.227. The lowest BCUT2D eigenvalue weighted by Gasteiger charge is -2.29. The van der Waals surface area contributed by atoms with Crippen molar-refractivity contribution in [2.45, 2.75) is 26.3 Å². The van der Waals surface area contributed by atoms with Crippen LogP contribution in [-0.2, 0) is 11.3 Å². The highest BCUT2D eigenvalue weighted by atomic mass is 16.5. The van der Waals surface area contributed by atoms with E-state index in [4.69, 9.17) is 4.74 Å². The van der Waals surface area contributed by atoms with Gasteiger partial charge in [-0.3, -0.25) is 14.3 Å². The molecule has 2 aromatic rings. The van der Waals surface area contributed by atoms with Crippen LogP contribution in [0.4, 0.5) is 0 Å². The Kier molecular flexibility index (Phi) is 5.41. The van der Waals surface area contributed by atoms with Gasteiger partial charge in [-0.25, -0.2) is 0 Å². The molecule has 1 aromatic carbocycles. The SMILES string of the molecule is CCOC1=CCCC=C1n1c(CN2CCNCC2)cc2ccccc2c1=O. The van der Waals surface area contributed by atoms with E-state index in [1.54, 1.807) is 0 Å². The molecule has 5 nitrogen and oxygen atoms in total. The second-order valence-corrected chi connectivity index (χ2v) is 7.06. The molecule has 0 atom stereocenters. The smallest absolute Gasteiger partial charge is 0.263 e. The number of pyridine rings is 1. The van der Waals surface area contributed by atoms with E-state index in [2.05, 4.69) is 28.4 Å². The minimum atomic E-state index is 0.0389. The molecule has 0 saturated carbocycles. The van der Waals surface area contributed by atoms with E-state index in [1.165, 1.54) is 0 Å². The van der Waals surface area contributed by atoms with E-state index in [9.17, 15) is 4.79 Å². The number of rotatable bonds is 5. The molecule has 1 N–H and O–H groups in total. The Morgan fingerprint density at radius 2 is 1.89 bits per heavy atom. The number of aromatic nitrogens is 1. The van der Waals surface area contributed by atoms with Crippen LogP contribution in [0, 0.1) is 0 Å². The van der Waals surface area contributed by atoms with Crippen LogP contribution in [0.3, 0.4) is 0 Å². The van der Waals surface area contributed by atoms with Crippen molar-refractivity contribution in [3.8, 4) is 0 Å². The fourth-order valence-electron chi connectivity index (χ4n) is 3.92. The van der Waals surface area contributed by atoms with Crippen molar-refractivity contribution in [3.05, 3.63) is 64.3 Å². The highest BCUT2D eigenvalue weighted by Crippen LogP contribution is 2.26. The molecule has 1 aliphatic carbocycles. The third kappa shape index (κ3) is 3.70. The summed E-state index contributed by atoms with van der Waals surface area (Å²) in [5.74, 6) is 0.822. The van der Waals surface area contributed by atoms with E-state index in [1.807, 2.05) is 35.8 Å². The summed E-state index contributed by atoms with van der Waals surface area (Å²) in [5.41, 5.74) is 1.96. The molecule has 27 heavy (non-hydrogen) atoms. The quantitative estimate of drug-likeness (QED) is 0.885. The van der Waals surface area contributed by atoms with E-state index >= 15 is 0 Å². The fourth-order valence-corrected chi connectivity index (χ4v) is 3.92. The molecule has 0 spiro atoms. The number of hydrogen-bond acceptors (Lipinski definition) is 4. The van der Waals surface area contributed by atoms with E-state index in [0.29, 0.717) is 6.61 Å². The Labute approximate surface area is 159 Å². The van der Waals surface area contributed by atoms with Gasteiger partial charge >= 0.3 is 0 Å². The van der Waals surface area contributed by atoms with Gasteiger partial charge in [0.05, 0.1) is 12.3 Å². The third-order valence-corrected chi connectivity index (χ3v) is 5.23. The van der Waals surface area contributed by atoms with Crippen molar-refractivity contribution >= 4 is 16.5 Å². The second-order valence-electron chi connectivity index (χ2n) is 7.06. The van der Waals surface area contributed by atoms with Gasteiger partial charge in [0.2, 0.25) is 0 Å². The van der Waals surface area contributed by atoms with Gasteiger partial charge < -0.3 is 10.1 Å². The van der Waals surface area contributed by atoms with Crippen molar-refractivity contribution in [2.75, 3.05) is 32.8 Å². The van der Waals surface area contributed by atoms with E-state index in [0.717, 1.165) is 73.5 Å². The molecule has 1 saturated heterocycles. The van der Waals surface area contributed by atoms with Crippen molar-refractivity contribution in [1.29, 1.82) is 0 Å². The first-order chi connectivity index (χ1) is 13.3. The van der Waals surface area contributed by atoms with Gasteiger partial charge in [0.25, 0.3) is 5.56 Å². The third-order valence-electron chi connectivity index (χ3n) is 5.23. The summed E-state index contributed by atoms with van der Waals surface area (Å²) in [6, 6.07) is 10.0. The van der Waals surface area contributed by atoms with Crippen LogP contribution in [0.15, 0.2) is 53.0 Å². The van der Waals surface area contributed by atoms with Gasteiger partial charge in [0.1, 0.15) is 5.76 Å². The van der Waals surface area contributed by atoms with Crippen molar-refractivity contribution in [1.82, 2.24) is 14.8 Å². The fraction of sp³-hybridized carbons (Fsp3) is 0.409. The van der Waals surface area contributed by atoms with E-state index < -0.39 is 0 Å². The normalized spacial score (nSPS) is 18.3. The maximum Gasteiger partial charge on any atom is 0.263 e. The summed E-state index contributed by atoms with van der Waals surface area (Å²) < 4.78 is 7.75. The predicted molar refractivity (Wildman–Crippen MR) is 110 cm³/mol. The van der Waals surface area contributed by atoms with E-state index in [-0.39, 0.29) is 5.56 Å². The number of allylic oxidation sites excluding steroid dienone is 3. The molecule has 0 amide bonds. The Hall–Kier alpha value is -2.37. The largest absolute Gasteiger partial charge is 0.492 e. The first kappa shape index (κ1) is 18.0. The van der Waals surface area contributed by atoms with Crippen LogP contribution in [0.2, 0.25) is 0 Å². The van der Waals surface area contributed by atoms with Crippen LogP contribution < -0.4 is 10.9 Å². The average Bonchev–Trinajstić information content (AvgIpc) is 2.70. The maximum absolute atomic E-state index is 13.4. The molecular weight excluding hydrogens is 338 g/mol. The highest BCUT2D eigenvalue weighted by molar-refractivity contribution is 5.83. The minimum absolute atomic E-state index is 0.0389. The number of nitrogens with zero attached hydrogens (tertiary/aromatic N) is 2. The molecule has 2 heterocycles. The van der Waals surface area contributed by atoms with Gasteiger partial charge in [-0.05, 0) is 43.4 Å². The van der Waals surface area contributed by atoms with Gasteiger partial charge in [0, 0.05) is 43.8 Å². The highest BCUT2D eigenvalue weighted by Gasteiger charge is 2.20. The summed E-state index contributed by atoms with van der Waals surface area (Å²) in [4.78, 5) is 15.9. The molecular formula is C22H27N3O2. The molecule has 142 valence electrons. The molecule has 0 unspecified atom stereocenters. The van der Waals surface area contributed by atoms with Gasteiger partial charge in [-0.1, -0.05) is 24.3 Å². The molecule has 1 aromatic heterocycles. The first-order valence-corrected chi connectivity index (χ1v) is 9.88. The minimum Gasteiger partial charge on any atom is -0.492 e. The van der Waals surface area contributed by atoms with Gasteiger partial charge in [0.15, 0.2) is 0 Å². The van der Waals surface area contributed by atoms with Crippen molar-refractivity contribution < 1.29 is 4.74 Å². The van der Waals surface area contributed by atoms with Gasteiger partial charge in [-0.15, -0.1) is 0 Å². The zero-order chi connectivity index (χ0) is 18.6. The molecule has 0 bridgehead atoms. The van der Waals surface area contributed by atoms with Crippen LogP contribution in [0.25, 0.3) is 16.5 Å². The van der Waals surface area contributed by atoms with Crippen LogP contribution >= 0.6 is 0 Å². The van der Waals surface area contributed by atoms with Gasteiger partial charge in [-0.2, -0.15) is 0 Å². The maximum atomic E-state index is 13.4. The Morgan fingerprint density at radius 3 is 2.70 bits per heavy atom. The predicted octanol–water partition coefficient (Wildman–Crippen LogP) is 2.96. The second kappa shape index (κ2) is 8.11. The monoisotopic (exact) mass is 365 g/mol.